The second kappa shape index (κ2) is 22.4. The molecule has 0 unspecified atom stereocenters. The molecule has 1 aromatic rings. The summed E-state index contributed by atoms with van der Waals surface area (Å²) in [7, 11) is 0. The second-order valence-corrected chi connectivity index (χ2v) is 13.5. The summed E-state index contributed by atoms with van der Waals surface area (Å²) in [5.41, 5.74) is 0.514. The first-order valence-electron chi connectivity index (χ1n) is 18.0. The molecule has 1 aromatic carbocycles. The van der Waals surface area contributed by atoms with Crippen LogP contribution in [0.4, 0.5) is 0 Å². The van der Waals surface area contributed by atoms with Gasteiger partial charge in [-0.1, -0.05) is 12.1 Å². The van der Waals surface area contributed by atoms with Gasteiger partial charge in [-0.2, -0.15) is 0 Å². The number of nitrogens with zero attached hydrogens (tertiary/aromatic N) is 1. The average Bonchev–Trinajstić information content (AvgIpc) is 3.64. The summed E-state index contributed by atoms with van der Waals surface area (Å²) in [5, 5.41) is 70.7. The van der Waals surface area contributed by atoms with Crippen molar-refractivity contribution < 1.29 is 78.6 Å². The van der Waals surface area contributed by atoms with Gasteiger partial charge in [0.15, 0.2) is 0 Å². The Labute approximate surface area is 330 Å². The number of carbonyl (C=O) groups excluding carboxylic acids is 7. The molecule has 1 saturated heterocycles. The van der Waals surface area contributed by atoms with Crippen LogP contribution in [0.1, 0.15) is 58.4 Å². The molecule has 0 aliphatic carbocycles. The van der Waals surface area contributed by atoms with Crippen LogP contribution in [0.25, 0.3) is 0 Å². The van der Waals surface area contributed by atoms with E-state index in [0.717, 1.165) is 18.7 Å². The van der Waals surface area contributed by atoms with Crippen molar-refractivity contribution >= 4 is 59.3 Å². The number of phenolic OH excluding ortho intramolecular Hbond substituents is 1. The molecule has 1 heterocycles. The summed E-state index contributed by atoms with van der Waals surface area (Å²) in [4.78, 5) is 126. The predicted octanol–water partition coefficient (Wildman–Crippen LogP) is -4.33. The Hall–Kier alpha value is -6.36. The van der Waals surface area contributed by atoms with Crippen LogP contribution in [0.5, 0.6) is 5.75 Å². The largest absolute Gasteiger partial charge is 0.508 e. The van der Waals surface area contributed by atoms with Gasteiger partial charge in [0.2, 0.25) is 41.4 Å². The summed E-state index contributed by atoms with van der Waals surface area (Å²) >= 11 is 0. The van der Waals surface area contributed by atoms with E-state index in [9.17, 15) is 73.5 Å². The molecule has 23 nitrogen and oxygen atoms in total. The number of carboxylic acids is 3. The maximum atomic E-state index is 13.6. The number of amides is 7. The van der Waals surface area contributed by atoms with Gasteiger partial charge in [-0.25, -0.2) is 4.79 Å². The van der Waals surface area contributed by atoms with Gasteiger partial charge < -0.3 is 67.4 Å². The third-order valence-corrected chi connectivity index (χ3v) is 8.79. The van der Waals surface area contributed by atoms with Crippen LogP contribution in [-0.4, -0.2) is 156 Å². The molecule has 8 atom stereocenters. The van der Waals surface area contributed by atoms with Gasteiger partial charge in [-0.3, -0.25) is 43.2 Å². The van der Waals surface area contributed by atoms with Gasteiger partial charge >= 0.3 is 17.9 Å². The number of aromatic hydroxyl groups is 1. The number of hydrogen-bond donors (Lipinski definition) is 12. The van der Waals surface area contributed by atoms with Gasteiger partial charge in [0.25, 0.3) is 0 Å². The fourth-order valence-corrected chi connectivity index (χ4v) is 5.79. The summed E-state index contributed by atoms with van der Waals surface area (Å²) in [6.45, 7) is 2.39. The lowest BCUT2D eigenvalue weighted by molar-refractivity contribution is -0.148. The zero-order valence-electron chi connectivity index (χ0n) is 31.8. The van der Waals surface area contributed by atoms with Gasteiger partial charge in [0, 0.05) is 26.3 Å². The van der Waals surface area contributed by atoms with E-state index in [-0.39, 0.29) is 31.6 Å². The van der Waals surface area contributed by atoms with Crippen molar-refractivity contribution in [1.29, 1.82) is 0 Å². The summed E-state index contributed by atoms with van der Waals surface area (Å²) < 4.78 is 0. The van der Waals surface area contributed by atoms with Crippen molar-refractivity contribution in [2.45, 2.75) is 108 Å². The highest BCUT2D eigenvalue weighted by atomic mass is 16.4. The highest BCUT2D eigenvalue weighted by molar-refractivity contribution is 5.98. The number of rotatable bonds is 22. The Morgan fingerprint density at radius 1 is 0.741 bits per heavy atom. The molecule has 320 valence electrons. The van der Waals surface area contributed by atoms with Crippen LogP contribution in [0.3, 0.4) is 0 Å². The van der Waals surface area contributed by atoms with Gasteiger partial charge in [-0.05, 0) is 50.8 Å². The van der Waals surface area contributed by atoms with Crippen molar-refractivity contribution in [2.75, 3.05) is 13.2 Å². The second-order valence-electron chi connectivity index (χ2n) is 13.5. The molecule has 7 amide bonds. The summed E-state index contributed by atoms with van der Waals surface area (Å²) in [5.74, 6) is -11.3. The highest BCUT2D eigenvalue weighted by Crippen LogP contribution is 2.19. The normalized spacial score (nSPS) is 17.1. The number of likely N-dealkylation sites (tertiary alicyclic amines) is 1. The van der Waals surface area contributed by atoms with Crippen LogP contribution in [0.2, 0.25) is 0 Å². The van der Waals surface area contributed by atoms with E-state index in [1.807, 2.05) is 5.32 Å². The Balaban J connectivity index is 2.15. The van der Waals surface area contributed by atoms with Crippen LogP contribution < -0.4 is 31.9 Å². The molecule has 58 heavy (non-hydrogen) atoms. The van der Waals surface area contributed by atoms with E-state index in [1.54, 1.807) is 0 Å². The molecular formula is C35H49N7O16. The van der Waals surface area contributed by atoms with Crippen molar-refractivity contribution in [3.05, 3.63) is 29.8 Å². The van der Waals surface area contributed by atoms with Crippen LogP contribution in [-0.2, 0) is 54.4 Å². The smallest absolute Gasteiger partial charge is 0.326 e. The number of carboxylic acid groups (broad SMARTS) is 3. The van der Waals surface area contributed by atoms with Gasteiger partial charge in [0.1, 0.15) is 48.0 Å². The predicted molar refractivity (Wildman–Crippen MR) is 195 cm³/mol. The first-order valence-corrected chi connectivity index (χ1v) is 18.0. The quantitative estimate of drug-likeness (QED) is 0.0526. The lowest BCUT2D eigenvalue weighted by Gasteiger charge is -2.30. The van der Waals surface area contributed by atoms with E-state index < -0.39 is 134 Å². The van der Waals surface area contributed by atoms with E-state index in [4.69, 9.17) is 5.11 Å². The van der Waals surface area contributed by atoms with Crippen molar-refractivity contribution in [3.8, 4) is 5.75 Å². The number of aliphatic hydroxyl groups excluding tert-OH is 2. The van der Waals surface area contributed by atoms with Crippen molar-refractivity contribution in [1.82, 2.24) is 36.8 Å². The first-order chi connectivity index (χ1) is 27.1. The molecule has 0 aromatic heterocycles. The number of hydrogen-bond acceptors (Lipinski definition) is 13. The lowest BCUT2D eigenvalue weighted by Crippen LogP contribution is -2.61. The minimum atomic E-state index is -1.89. The van der Waals surface area contributed by atoms with Gasteiger partial charge in [0.05, 0.1) is 19.1 Å². The Kier molecular flexibility index (Phi) is 18.5. The van der Waals surface area contributed by atoms with E-state index in [0.29, 0.717) is 5.56 Å². The summed E-state index contributed by atoms with van der Waals surface area (Å²) in [6.07, 6.45) is -3.45. The molecule has 0 saturated carbocycles. The molecule has 2 rings (SSSR count). The minimum absolute atomic E-state index is 0.0376. The third-order valence-electron chi connectivity index (χ3n) is 8.79. The zero-order valence-corrected chi connectivity index (χ0v) is 31.8. The Bertz CT molecular complexity index is 1700. The number of nitrogens with one attached hydrogen (secondary N) is 6. The van der Waals surface area contributed by atoms with Crippen LogP contribution >= 0.6 is 0 Å². The van der Waals surface area contributed by atoms with Crippen LogP contribution in [0, 0.1) is 0 Å². The minimum Gasteiger partial charge on any atom is -0.508 e. The molecular weight excluding hydrogens is 774 g/mol. The number of carbonyl (C=O) groups is 10. The maximum absolute atomic E-state index is 13.6. The Morgan fingerprint density at radius 2 is 1.33 bits per heavy atom. The average molecular weight is 824 g/mol. The van der Waals surface area contributed by atoms with Crippen molar-refractivity contribution in [3.63, 3.8) is 0 Å². The molecule has 1 aliphatic rings. The maximum Gasteiger partial charge on any atom is 0.326 e. The standard InChI is InChI=1S/C35H49N7O16/c1-16(29(51)41-28(17(2)44)33(55)39-23(35(57)58)14-27(49)50)36-32(54)25-5-4-12-42(25)34(56)24(15-43)40-30(52)21(10-11-26(47)48)38-31(53)22(37-18(3)45)13-19-6-8-20(46)9-7-19/h6-9,16-17,21-25,28,43-44,46H,4-5,10-15H2,1-3H3,(H,36,54)(H,37,45)(H,38,53)(H,39,55)(H,40,52)(H,41,51)(H,47,48)(H,49,50)(H,57,58)/t16-,17+,21-,22-,23-,24-,25-,28-/m0/s1. The van der Waals surface area contributed by atoms with Gasteiger partial charge in [-0.15, -0.1) is 0 Å². The van der Waals surface area contributed by atoms with Crippen LogP contribution in [0.15, 0.2) is 24.3 Å². The zero-order chi connectivity index (χ0) is 43.9. The topological polar surface area (TPSA) is 368 Å². The number of aliphatic carboxylic acids is 3. The molecule has 0 radical (unpaired) electrons. The molecule has 12 N–H and O–H groups in total. The van der Waals surface area contributed by atoms with E-state index >= 15 is 0 Å². The fourth-order valence-electron chi connectivity index (χ4n) is 5.79. The van der Waals surface area contributed by atoms with E-state index in [1.165, 1.54) is 31.2 Å². The molecule has 23 heteroatoms. The number of benzene rings is 1. The number of aliphatic hydroxyl groups is 2. The SMILES string of the molecule is CC(=O)N[C@@H](Cc1ccc(O)cc1)C(=O)N[C@@H](CCC(=O)O)C(=O)N[C@@H](CO)C(=O)N1CCC[C@H]1C(=O)N[C@@H](C)C(=O)N[C@H](C(=O)N[C@@H](CC(=O)O)C(=O)O)[C@@H](C)O. The lowest BCUT2D eigenvalue weighted by atomic mass is 10.0. The third kappa shape index (κ3) is 14.9. The van der Waals surface area contributed by atoms with Crippen molar-refractivity contribution in [2.24, 2.45) is 0 Å². The number of phenols is 1. The fraction of sp³-hybridized carbons (Fsp3) is 0.543. The summed E-state index contributed by atoms with van der Waals surface area (Å²) in [6, 6.07) is -5.18. The Morgan fingerprint density at radius 3 is 1.86 bits per heavy atom. The monoisotopic (exact) mass is 823 g/mol. The first kappa shape index (κ1) is 47.8. The molecule has 0 spiro atoms. The molecule has 1 fully saturated rings. The molecule has 1 aliphatic heterocycles. The highest BCUT2D eigenvalue weighted by Gasteiger charge is 2.40. The van der Waals surface area contributed by atoms with E-state index in [2.05, 4.69) is 26.6 Å². The molecule has 0 bridgehead atoms.